The van der Waals surface area contributed by atoms with Gasteiger partial charge >= 0.3 is 0 Å². The average molecular weight is 281 g/mol. The van der Waals surface area contributed by atoms with Crippen LogP contribution in [-0.4, -0.2) is 17.1 Å². The first-order valence-corrected chi connectivity index (χ1v) is 6.40. The van der Waals surface area contributed by atoms with Gasteiger partial charge in [0.1, 0.15) is 5.82 Å². The van der Waals surface area contributed by atoms with Crippen LogP contribution < -0.4 is 5.43 Å². The van der Waals surface area contributed by atoms with Crippen molar-refractivity contribution in [3.63, 3.8) is 0 Å². The molecule has 0 saturated carbocycles. The monoisotopic (exact) mass is 281 g/mol. The minimum atomic E-state index is -0.387. The van der Waals surface area contributed by atoms with E-state index in [0.29, 0.717) is 11.1 Å². The number of aromatic nitrogens is 1. The Labute approximate surface area is 120 Å². The molecule has 0 unspecified atom stereocenters. The Morgan fingerprint density at radius 2 is 2.00 bits per heavy atom. The standard InChI is InChI=1S/C16H12FN3O/c17-14-7-2-1-4-12(14)10-19-20-16(21)13-6-3-5-11-8-9-18-15(11)13/h1-10,18H,(H,20,21). The third-order valence-electron chi connectivity index (χ3n) is 3.11. The Balaban J connectivity index is 1.78. The zero-order chi connectivity index (χ0) is 14.7. The maximum Gasteiger partial charge on any atom is 0.273 e. The number of carbonyl (C=O) groups excluding carboxylic acids is 1. The van der Waals surface area contributed by atoms with E-state index in [4.69, 9.17) is 0 Å². The number of carbonyl (C=O) groups is 1. The number of nitrogens with one attached hydrogen (secondary N) is 2. The van der Waals surface area contributed by atoms with Crippen molar-refractivity contribution in [2.75, 3.05) is 0 Å². The molecule has 1 aromatic heterocycles. The van der Waals surface area contributed by atoms with Gasteiger partial charge in [-0.15, -0.1) is 0 Å². The molecule has 3 aromatic rings. The molecule has 3 rings (SSSR count). The predicted molar refractivity (Wildman–Crippen MR) is 79.8 cm³/mol. The van der Waals surface area contributed by atoms with Crippen LogP contribution in [-0.2, 0) is 0 Å². The van der Waals surface area contributed by atoms with Gasteiger partial charge < -0.3 is 4.98 Å². The zero-order valence-electron chi connectivity index (χ0n) is 11.0. The van der Waals surface area contributed by atoms with Crippen LogP contribution in [0.2, 0.25) is 0 Å². The van der Waals surface area contributed by atoms with Crippen LogP contribution in [0.4, 0.5) is 4.39 Å². The number of para-hydroxylation sites is 1. The highest BCUT2D eigenvalue weighted by Crippen LogP contribution is 2.16. The normalized spacial score (nSPS) is 11.1. The molecule has 0 fully saturated rings. The molecule has 2 N–H and O–H groups in total. The summed E-state index contributed by atoms with van der Waals surface area (Å²) in [4.78, 5) is 15.1. The average Bonchev–Trinajstić information content (AvgIpc) is 2.97. The number of halogens is 1. The van der Waals surface area contributed by atoms with E-state index in [9.17, 15) is 9.18 Å². The van der Waals surface area contributed by atoms with Gasteiger partial charge in [0.05, 0.1) is 17.3 Å². The van der Waals surface area contributed by atoms with Crippen LogP contribution >= 0.6 is 0 Å². The number of hydrazone groups is 1. The molecule has 0 atom stereocenters. The summed E-state index contributed by atoms with van der Waals surface area (Å²) < 4.78 is 13.4. The summed E-state index contributed by atoms with van der Waals surface area (Å²) in [5, 5.41) is 4.74. The summed E-state index contributed by atoms with van der Waals surface area (Å²) in [5.41, 5.74) is 3.95. The smallest absolute Gasteiger partial charge is 0.273 e. The first-order chi connectivity index (χ1) is 10.3. The number of amides is 1. The molecule has 2 aromatic carbocycles. The minimum Gasteiger partial charge on any atom is -0.361 e. The number of hydrogen-bond acceptors (Lipinski definition) is 2. The number of nitrogens with zero attached hydrogens (tertiary/aromatic N) is 1. The van der Waals surface area contributed by atoms with Crippen molar-refractivity contribution < 1.29 is 9.18 Å². The summed E-state index contributed by atoms with van der Waals surface area (Å²) in [6.07, 6.45) is 3.05. The van der Waals surface area contributed by atoms with E-state index in [1.54, 1.807) is 36.5 Å². The fourth-order valence-corrected chi connectivity index (χ4v) is 2.07. The molecule has 4 nitrogen and oxygen atoms in total. The van der Waals surface area contributed by atoms with E-state index < -0.39 is 0 Å². The second kappa shape index (κ2) is 5.58. The second-order valence-corrected chi connectivity index (χ2v) is 4.47. The first kappa shape index (κ1) is 13.1. The van der Waals surface area contributed by atoms with Gasteiger partial charge in [0, 0.05) is 17.1 Å². The molecular formula is C16H12FN3O. The molecule has 0 aliphatic carbocycles. The Morgan fingerprint density at radius 1 is 1.14 bits per heavy atom. The molecule has 0 aliphatic heterocycles. The molecular weight excluding hydrogens is 269 g/mol. The van der Waals surface area contributed by atoms with Crippen LogP contribution in [0.25, 0.3) is 10.9 Å². The molecule has 21 heavy (non-hydrogen) atoms. The van der Waals surface area contributed by atoms with Gasteiger partial charge in [0.2, 0.25) is 0 Å². The highest BCUT2D eigenvalue weighted by atomic mass is 19.1. The maximum absolute atomic E-state index is 13.4. The van der Waals surface area contributed by atoms with E-state index in [2.05, 4.69) is 15.5 Å². The van der Waals surface area contributed by atoms with Gasteiger partial charge in [-0.05, 0) is 18.2 Å². The van der Waals surface area contributed by atoms with Gasteiger partial charge in [-0.25, -0.2) is 9.82 Å². The van der Waals surface area contributed by atoms with Gasteiger partial charge in [0.25, 0.3) is 5.91 Å². The summed E-state index contributed by atoms with van der Waals surface area (Å²) in [7, 11) is 0. The number of H-pyrrole nitrogens is 1. The van der Waals surface area contributed by atoms with Crippen molar-refractivity contribution in [1.82, 2.24) is 10.4 Å². The van der Waals surface area contributed by atoms with Crippen LogP contribution in [0.3, 0.4) is 0 Å². The number of benzene rings is 2. The summed E-state index contributed by atoms with van der Waals surface area (Å²) >= 11 is 0. The fraction of sp³-hybridized carbons (Fsp3) is 0. The van der Waals surface area contributed by atoms with E-state index in [-0.39, 0.29) is 11.7 Å². The van der Waals surface area contributed by atoms with E-state index in [1.807, 2.05) is 12.1 Å². The van der Waals surface area contributed by atoms with E-state index >= 15 is 0 Å². The Bertz CT molecular complexity index is 823. The maximum atomic E-state index is 13.4. The van der Waals surface area contributed by atoms with Crippen LogP contribution in [0, 0.1) is 5.82 Å². The largest absolute Gasteiger partial charge is 0.361 e. The van der Waals surface area contributed by atoms with E-state index in [0.717, 1.165) is 10.9 Å². The Hall–Kier alpha value is -2.95. The minimum absolute atomic E-state index is 0.316. The molecule has 104 valence electrons. The molecule has 0 radical (unpaired) electrons. The number of fused-ring (bicyclic) bond motifs is 1. The van der Waals surface area contributed by atoms with Gasteiger partial charge in [-0.1, -0.05) is 30.3 Å². The molecule has 1 amide bonds. The van der Waals surface area contributed by atoms with Crippen molar-refractivity contribution in [3.8, 4) is 0 Å². The molecule has 0 spiro atoms. The summed E-state index contributed by atoms with van der Waals surface area (Å²) in [6.45, 7) is 0. The van der Waals surface area contributed by atoms with Crippen molar-refractivity contribution in [1.29, 1.82) is 0 Å². The predicted octanol–water partition coefficient (Wildman–Crippen LogP) is 3.07. The van der Waals surface area contributed by atoms with Crippen LogP contribution in [0.15, 0.2) is 59.8 Å². The fourth-order valence-electron chi connectivity index (χ4n) is 2.07. The van der Waals surface area contributed by atoms with Crippen molar-refractivity contribution in [2.24, 2.45) is 5.10 Å². The lowest BCUT2D eigenvalue weighted by atomic mass is 10.1. The topological polar surface area (TPSA) is 57.2 Å². The summed E-state index contributed by atoms with van der Waals surface area (Å²) in [5.74, 6) is -0.738. The van der Waals surface area contributed by atoms with Crippen LogP contribution in [0.5, 0.6) is 0 Å². The molecule has 0 saturated heterocycles. The van der Waals surface area contributed by atoms with Crippen molar-refractivity contribution >= 4 is 23.0 Å². The van der Waals surface area contributed by atoms with Gasteiger partial charge in [-0.2, -0.15) is 5.10 Å². The van der Waals surface area contributed by atoms with Crippen molar-refractivity contribution in [3.05, 3.63) is 71.7 Å². The highest BCUT2D eigenvalue weighted by molar-refractivity contribution is 6.05. The summed E-state index contributed by atoms with van der Waals surface area (Å²) in [6, 6.07) is 13.5. The number of aromatic amines is 1. The lowest BCUT2D eigenvalue weighted by Crippen LogP contribution is -2.18. The Morgan fingerprint density at radius 3 is 2.86 bits per heavy atom. The SMILES string of the molecule is O=C(NN=Cc1ccccc1F)c1cccc2cc[nH]c12. The molecule has 0 bridgehead atoms. The third kappa shape index (κ3) is 2.67. The molecule has 5 heteroatoms. The lowest BCUT2D eigenvalue weighted by Gasteiger charge is -2.02. The lowest BCUT2D eigenvalue weighted by molar-refractivity contribution is 0.0956. The Kier molecular flexibility index (Phi) is 3.47. The quantitative estimate of drug-likeness (QED) is 0.562. The second-order valence-electron chi connectivity index (χ2n) is 4.47. The zero-order valence-corrected chi connectivity index (χ0v) is 11.0. The van der Waals surface area contributed by atoms with Gasteiger partial charge in [-0.3, -0.25) is 4.79 Å². The van der Waals surface area contributed by atoms with Crippen molar-refractivity contribution in [2.45, 2.75) is 0 Å². The molecule has 0 aliphatic rings. The number of rotatable bonds is 3. The highest BCUT2D eigenvalue weighted by Gasteiger charge is 2.09. The number of hydrogen-bond donors (Lipinski definition) is 2. The van der Waals surface area contributed by atoms with E-state index in [1.165, 1.54) is 12.3 Å². The van der Waals surface area contributed by atoms with Crippen LogP contribution in [0.1, 0.15) is 15.9 Å². The third-order valence-corrected chi connectivity index (χ3v) is 3.11. The first-order valence-electron chi connectivity index (χ1n) is 6.40. The molecule has 1 heterocycles. The van der Waals surface area contributed by atoms with Gasteiger partial charge in [0.15, 0.2) is 0 Å².